The minimum Gasteiger partial charge on any atom is -0.302 e. The summed E-state index contributed by atoms with van der Waals surface area (Å²) in [5.41, 5.74) is 0.748. The molecule has 0 unspecified atom stereocenters. The van der Waals surface area contributed by atoms with Crippen LogP contribution in [-0.4, -0.2) is 25.1 Å². The zero-order chi connectivity index (χ0) is 19.4. The second-order valence-electron chi connectivity index (χ2n) is 5.57. The first-order valence-electron chi connectivity index (χ1n) is 7.83. The van der Waals surface area contributed by atoms with Gasteiger partial charge in [0.15, 0.2) is 15.0 Å². The van der Waals surface area contributed by atoms with Crippen molar-refractivity contribution >= 4 is 66.8 Å². The monoisotopic (exact) mass is 460 g/mol. The number of thiophene rings is 1. The third kappa shape index (κ3) is 5.52. The molecule has 3 aromatic rings. The molecular weight excluding hydrogens is 447 g/mol. The lowest BCUT2D eigenvalue weighted by Gasteiger charge is -2.05. The number of thiazole rings is 1. The van der Waals surface area contributed by atoms with E-state index in [1.807, 2.05) is 11.4 Å². The molecule has 0 saturated carbocycles. The number of sulfone groups is 1. The van der Waals surface area contributed by atoms with Gasteiger partial charge in [0.05, 0.1) is 25.6 Å². The van der Waals surface area contributed by atoms with Gasteiger partial charge < -0.3 is 5.32 Å². The van der Waals surface area contributed by atoms with Crippen LogP contribution in [0.1, 0.15) is 12.8 Å². The molecule has 1 amide bonds. The van der Waals surface area contributed by atoms with Gasteiger partial charge >= 0.3 is 0 Å². The van der Waals surface area contributed by atoms with Crippen molar-refractivity contribution in [2.75, 3.05) is 11.1 Å². The molecule has 10 heteroatoms. The highest BCUT2D eigenvalue weighted by molar-refractivity contribution is 7.91. The van der Waals surface area contributed by atoms with Gasteiger partial charge in [-0.05, 0) is 42.8 Å². The van der Waals surface area contributed by atoms with Gasteiger partial charge in [0.2, 0.25) is 5.91 Å². The Kier molecular flexibility index (Phi) is 6.54. The fourth-order valence-corrected chi connectivity index (χ4v) is 5.50. The molecule has 0 radical (unpaired) electrons. The van der Waals surface area contributed by atoms with Crippen LogP contribution in [0.4, 0.5) is 5.13 Å². The van der Waals surface area contributed by atoms with E-state index in [4.69, 9.17) is 23.2 Å². The molecule has 2 heterocycles. The van der Waals surface area contributed by atoms with Crippen molar-refractivity contribution in [2.24, 2.45) is 0 Å². The van der Waals surface area contributed by atoms with Crippen LogP contribution < -0.4 is 5.32 Å². The van der Waals surface area contributed by atoms with Crippen molar-refractivity contribution < 1.29 is 13.2 Å². The van der Waals surface area contributed by atoms with Crippen LogP contribution in [0, 0.1) is 0 Å². The maximum absolute atomic E-state index is 12.3. The van der Waals surface area contributed by atoms with Crippen molar-refractivity contribution in [2.45, 2.75) is 17.7 Å². The summed E-state index contributed by atoms with van der Waals surface area (Å²) >= 11 is 14.4. The lowest BCUT2D eigenvalue weighted by molar-refractivity contribution is -0.116. The van der Waals surface area contributed by atoms with E-state index >= 15 is 0 Å². The van der Waals surface area contributed by atoms with E-state index in [9.17, 15) is 13.2 Å². The topological polar surface area (TPSA) is 76.1 Å². The SMILES string of the molecule is O=C(CCCS(=O)(=O)c1ccc(Cl)cc1)Nc1nc(-c2ccc(Cl)s2)cs1. The number of hydrogen-bond donors (Lipinski definition) is 1. The van der Waals surface area contributed by atoms with Crippen LogP contribution in [0.2, 0.25) is 9.36 Å². The first-order chi connectivity index (χ1) is 12.8. The fraction of sp³-hybridized carbons (Fsp3) is 0.176. The number of anilines is 1. The Morgan fingerprint density at radius 1 is 1.11 bits per heavy atom. The lowest BCUT2D eigenvalue weighted by atomic mass is 10.3. The molecule has 0 fully saturated rings. The van der Waals surface area contributed by atoms with Gasteiger partial charge in [0.1, 0.15) is 0 Å². The average molecular weight is 461 g/mol. The summed E-state index contributed by atoms with van der Waals surface area (Å²) in [6.45, 7) is 0. The van der Waals surface area contributed by atoms with E-state index in [-0.39, 0.29) is 29.4 Å². The maximum Gasteiger partial charge on any atom is 0.226 e. The molecule has 0 saturated heterocycles. The molecule has 3 rings (SSSR count). The van der Waals surface area contributed by atoms with Crippen LogP contribution in [0.5, 0.6) is 0 Å². The normalized spacial score (nSPS) is 11.5. The summed E-state index contributed by atoms with van der Waals surface area (Å²) in [6.07, 6.45) is 0.308. The number of carbonyl (C=O) groups is 1. The number of carbonyl (C=O) groups excluding carboxylic acids is 1. The molecule has 0 aliphatic rings. The standard InChI is InChI=1S/C17H14Cl2N2O3S3/c18-11-3-5-12(6-4-11)27(23,24)9-1-2-16(22)21-17-20-13(10-25-17)14-7-8-15(19)26-14/h3-8,10H,1-2,9H2,(H,20,21,22). The molecule has 27 heavy (non-hydrogen) atoms. The summed E-state index contributed by atoms with van der Waals surface area (Å²) in [7, 11) is -3.44. The first kappa shape index (κ1) is 20.3. The van der Waals surface area contributed by atoms with Gasteiger partial charge in [-0.3, -0.25) is 4.79 Å². The molecule has 1 aromatic carbocycles. The molecule has 1 N–H and O–H groups in total. The number of nitrogens with one attached hydrogen (secondary N) is 1. The largest absolute Gasteiger partial charge is 0.302 e. The summed E-state index contributed by atoms with van der Waals surface area (Å²) in [5.74, 6) is -0.384. The molecule has 5 nitrogen and oxygen atoms in total. The smallest absolute Gasteiger partial charge is 0.226 e. The van der Waals surface area contributed by atoms with Gasteiger partial charge in [-0.2, -0.15) is 0 Å². The van der Waals surface area contributed by atoms with Gasteiger partial charge in [-0.15, -0.1) is 22.7 Å². The maximum atomic E-state index is 12.3. The van der Waals surface area contributed by atoms with E-state index in [0.717, 1.165) is 10.6 Å². The Hall–Kier alpha value is -1.45. The highest BCUT2D eigenvalue weighted by Gasteiger charge is 2.15. The molecule has 0 spiro atoms. The van der Waals surface area contributed by atoms with E-state index < -0.39 is 9.84 Å². The molecule has 0 aliphatic heterocycles. The highest BCUT2D eigenvalue weighted by Crippen LogP contribution is 2.32. The number of benzene rings is 1. The van der Waals surface area contributed by atoms with Crippen LogP contribution >= 0.6 is 45.9 Å². The number of nitrogens with zero attached hydrogens (tertiary/aromatic N) is 1. The first-order valence-corrected chi connectivity index (χ1v) is 11.9. The second kappa shape index (κ2) is 8.70. The lowest BCUT2D eigenvalue weighted by Crippen LogP contribution is -2.14. The minimum absolute atomic E-state index is 0.0898. The highest BCUT2D eigenvalue weighted by atomic mass is 35.5. The van der Waals surface area contributed by atoms with E-state index in [0.29, 0.717) is 14.5 Å². The number of amides is 1. The molecular formula is C17H14Cl2N2O3S3. The summed E-state index contributed by atoms with van der Waals surface area (Å²) in [5, 5.41) is 5.48. The van der Waals surface area contributed by atoms with Crippen molar-refractivity contribution in [1.82, 2.24) is 4.98 Å². The van der Waals surface area contributed by atoms with Gasteiger partial charge in [-0.1, -0.05) is 23.2 Å². The van der Waals surface area contributed by atoms with Crippen LogP contribution in [-0.2, 0) is 14.6 Å². The summed E-state index contributed by atoms with van der Waals surface area (Å²) < 4.78 is 25.2. The number of rotatable bonds is 7. The third-order valence-corrected chi connectivity index (χ3v) is 7.65. The zero-order valence-corrected chi connectivity index (χ0v) is 17.8. The molecule has 2 aromatic heterocycles. The minimum atomic E-state index is -3.44. The fourth-order valence-electron chi connectivity index (χ4n) is 2.26. The predicted molar refractivity (Wildman–Crippen MR) is 112 cm³/mol. The van der Waals surface area contributed by atoms with Crippen LogP contribution in [0.15, 0.2) is 46.7 Å². The number of aromatic nitrogens is 1. The molecule has 0 atom stereocenters. The Balaban J connectivity index is 1.51. The van der Waals surface area contributed by atoms with Crippen molar-refractivity contribution in [3.05, 3.63) is 51.1 Å². The molecule has 0 aliphatic carbocycles. The van der Waals surface area contributed by atoms with Crippen molar-refractivity contribution in [1.29, 1.82) is 0 Å². The Labute approximate surface area is 174 Å². The van der Waals surface area contributed by atoms with E-state index in [1.54, 1.807) is 6.07 Å². The summed E-state index contributed by atoms with van der Waals surface area (Å²) in [4.78, 5) is 17.5. The molecule has 142 valence electrons. The third-order valence-electron chi connectivity index (χ3n) is 3.57. The van der Waals surface area contributed by atoms with E-state index in [2.05, 4.69) is 10.3 Å². The Bertz CT molecular complexity index is 1040. The van der Waals surface area contributed by atoms with Gasteiger partial charge in [-0.25, -0.2) is 13.4 Å². The van der Waals surface area contributed by atoms with Gasteiger partial charge in [0, 0.05) is 16.8 Å². The Morgan fingerprint density at radius 3 is 2.52 bits per heavy atom. The van der Waals surface area contributed by atoms with E-state index in [1.165, 1.54) is 46.9 Å². The summed E-state index contributed by atoms with van der Waals surface area (Å²) in [6, 6.07) is 9.65. The van der Waals surface area contributed by atoms with Crippen LogP contribution in [0.3, 0.4) is 0 Å². The average Bonchev–Trinajstić information content (AvgIpc) is 3.24. The predicted octanol–water partition coefficient (Wildman–Crippen LogP) is 5.37. The van der Waals surface area contributed by atoms with Crippen molar-refractivity contribution in [3.63, 3.8) is 0 Å². The zero-order valence-electron chi connectivity index (χ0n) is 13.8. The van der Waals surface area contributed by atoms with Gasteiger partial charge in [0.25, 0.3) is 0 Å². The van der Waals surface area contributed by atoms with Crippen molar-refractivity contribution in [3.8, 4) is 10.6 Å². The second-order valence-corrected chi connectivity index (χ2v) is 10.7. The van der Waals surface area contributed by atoms with Crippen LogP contribution in [0.25, 0.3) is 10.6 Å². The number of halogens is 2. The number of hydrogen-bond acceptors (Lipinski definition) is 6. The Morgan fingerprint density at radius 2 is 1.85 bits per heavy atom. The molecule has 0 bridgehead atoms. The quantitative estimate of drug-likeness (QED) is 0.513.